The van der Waals surface area contributed by atoms with E-state index in [4.69, 9.17) is 8.84 Å². The third kappa shape index (κ3) is 2.79. The molecule has 0 amide bonds. The highest BCUT2D eigenvalue weighted by molar-refractivity contribution is 6.74. The molecule has 0 bridgehead atoms. The van der Waals surface area contributed by atoms with E-state index in [1.54, 1.807) is 12.1 Å². The quantitative estimate of drug-likeness (QED) is 0.472. The van der Waals surface area contributed by atoms with Crippen molar-refractivity contribution in [3.63, 3.8) is 0 Å². The highest BCUT2D eigenvalue weighted by Gasteiger charge is 2.39. The van der Waals surface area contributed by atoms with E-state index in [1.807, 2.05) is 30.3 Å². The molecule has 0 unspecified atom stereocenters. The van der Waals surface area contributed by atoms with Gasteiger partial charge in [-0.1, -0.05) is 32.9 Å². The fraction of sp³-hybridized carbons (Fsp3) is 0.316. The lowest BCUT2D eigenvalue weighted by atomic mass is 10.1. The lowest BCUT2D eigenvalue weighted by Crippen LogP contribution is -2.43. The Morgan fingerprint density at radius 3 is 2.30 bits per heavy atom. The predicted octanol–water partition coefficient (Wildman–Crippen LogP) is 5.33. The van der Waals surface area contributed by atoms with Crippen LogP contribution in [0.15, 0.2) is 51.7 Å². The van der Waals surface area contributed by atoms with Crippen LogP contribution in [0.1, 0.15) is 20.8 Å². The van der Waals surface area contributed by atoms with Crippen LogP contribution in [0.2, 0.25) is 18.1 Å². The largest absolute Gasteiger partial charge is 0.543 e. The number of benzene rings is 2. The molecule has 2 aromatic carbocycles. The van der Waals surface area contributed by atoms with Crippen molar-refractivity contribution in [3.8, 4) is 5.75 Å². The summed E-state index contributed by atoms with van der Waals surface area (Å²) in [6, 6.07) is 12.8. The predicted molar refractivity (Wildman–Crippen MR) is 97.8 cm³/mol. The van der Waals surface area contributed by atoms with E-state index in [2.05, 4.69) is 33.9 Å². The van der Waals surface area contributed by atoms with E-state index < -0.39 is 8.32 Å². The Bertz CT molecular complexity index is 933. The summed E-state index contributed by atoms with van der Waals surface area (Å²) in [5.74, 6) is 0.766. The normalized spacial score (nSPS) is 12.7. The van der Waals surface area contributed by atoms with Crippen molar-refractivity contribution < 1.29 is 8.84 Å². The van der Waals surface area contributed by atoms with Crippen molar-refractivity contribution in [2.45, 2.75) is 38.9 Å². The zero-order chi connectivity index (χ0) is 16.8. The van der Waals surface area contributed by atoms with Crippen LogP contribution in [0.5, 0.6) is 5.75 Å². The molecule has 0 fully saturated rings. The molecule has 1 heterocycles. The zero-order valence-electron chi connectivity index (χ0n) is 14.3. The molecule has 120 valence electrons. The number of fused-ring (bicyclic) bond motifs is 2. The first-order valence-corrected chi connectivity index (χ1v) is 10.7. The molecule has 0 aliphatic heterocycles. The Morgan fingerprint density at radius 2 is 1.61 bits per heavy atom. The molecule has 0 saturated carbocycles. The van der Waals surface area contributed by atoms with Gasteiger partial charge in [-0.05, 0) is 42.4 Å². The molecule has 0 aliphatic rings. The minimum absolute atomic E-state index is 0.000673. The second-order valence-electron chi connectivity index (χ2n) is 7.45. The molecule has 1 aromatic heterocycles. The van der Waals surface area contributed by atoms with Crippen LogP contribution >= 0.6 is 0 Å². The van der Waals surface area contributed by atoms with E-state index in [0.717, 1.165) is 5.75 Å². The SMILES string of the molecule is CC(C)(C)[Si](C)(C)Oc1ccc2c(=O)c3ccccc3oc2c1. The minimum Gasteiger partial charge on any atom is -0.543 e. The molecular formula is C19H22O3Si. The van der Waals surface area contributed by atoms with E-state index >= 15 is 0 Å². The third-order valence-corrected chi connectivity index (χ3v) is 9.09. The highest BCUT2D eigenvalue weighted by Crippen LogP contribution is 2.37. The molecular weight excluding hydrogens is 304 g/mol. The van der Waals surface area contributed by atoms with Crippen LogP contribution in [0, 0.1) is 0 Å². The van der Waals surface area contributed by atoms with Crippen molar-refractivity contribution in [3.05, 3.63) is 52.7 Å². The van der Waals surface area contributed by atoms with E-state index in [-0.39, 0.29) is 10.5 Å². The van der Waals surface area contributed by atoms with Gasteiger partial charge in [0.25, 0.3) is 0 Å². The fourth-order valence-electron chi connectivity index (χ4n) is 2.29. The summed E-state index contributed by atoms with van der Waals surface area (Å²) in [6.07, 6.45) is 0. The first kappa shape index (κ1) is 15.8. The average molecular weight is 326 g/mol. The van der Waals surface area contributed by atoms with Crippen LogP contribution in [-0.4, -0.2) is 8.32 Å². The summed E-state index contributed by atoms with van der Waals surface area (Å²) in [5, 5.41) is 1.32. The van der Waals surface area contributed by atoms with Gasteiger partial charge in [0.2, 0.25) is 13.7 Å². The van der Waals surface area contributed by atoms with Crippen LogP contribution in [-0.2, 0) is 0 Å². The van der Waals surface area contributed by atoms with Crippen LogP contribution in [0.4, 0.5) is 0 Å². The van der Waals surface area contributed by atoms with Crippen molar-refractivity contribution in [2.24, 2.45) is 0 Å². The van der Waals surface area contributed by atoms with Gasteiger partial charge in [-0.25, -0.2) is 0 Å². The van der Waals surface area contributed by atoms with Gasteiger partial charge in [0, 0.05) is 6.07 Å². The maximum Gasteiger partial charge on any atom is 0.250 e. The zero-order valence-corrected chi connectivity index (χ0v) is 15.3. The molecule has 3 nitrogen and oxygen atoms in total. The lowest BCUT2D eigenvalue weighted by molar-refractivity contribution is 0.491. The van der Waals surface area contributed by atoms with Crippen molar-refractivity contribution >= 4 is 30.3 Å². The molecule has 0 radical (unpaired) electrons. The van der Waals surface area contributed by atoms with Gasteiger partial charge in [0.05, 0.1) is 10.8 Å². The minimum atomic E-state index is -1.92. The Labute approximate surface area is 137 Å². The monoisotopic (exact) mass is 326 g/mol. The maximum atomic E-state index is 12.6. The highest BCUT2D eigenvalue weighted by atomic mass is 28.4. The molecule has 3 aromatic rings. The number of hydrogen-bond donors (Lipinski definition) is 0. The fourth-order valence-corrected chi connectivity index (χ4v) is 3.32. The van der Waals surface area contributed by atoms with Crippen molar-refractivity contribution in [1.29, 1.82) is 0 Å². The van der Waals surface area contributed by atoms with E-state index in [0.29, 0.717) is 21.9 Å². The standard InChI is InChI=1S/C19H22O3Si/c1-19(2,3)23(4,5)22-13-10-11-15-17(12-13)21-16-9-7-6-8-14(16)18(15)20/h6-12H,1-5H3. The van der Waals surface area contributed by atoms with Crippen LogP contribution < -0.4 is 9.85 Å². The van der Waals surface area contributed by atoms with Crippen molar-refractivity contribution in [2.75, 3.05) is 0 Å². The van der Waals surface area contributed by atoms with Gasteiger partial charge in [-0.15, -0.1) is 0 Å². The first-order chi connectivity index (χ1) is 10.7. The summed E-state index contributed by atoms with van der Waals surface area (Å²) in [4.78, 5) is 12.6. The van der Waals surface area contributed by atoms with Gasteiger partial charge in [-0.3, -0.25) is 4.79 Å². The van der Waals surface area contributed by atoms with Gasteiger partial charge >= 0.3 is 0 Å². The van der Waals surface area contributed by atoms with E-state index in [1.165, 1.54) is 0 Å². The summed E-state index contributed by atoms with van der Waals surface area (Å²) < 4.78 is 12.2. The molecule has 4 heteroatoms. The van der Waals surface area contributed by atoms with Crippen LogP contribution in [0.25, 0.3) is 21.9 Å². The lowest BCUT2D eigenvalue weighted by Gasteiger charge is -2.36. The van der Waals surface area contributed by atoms with Crippen molar-refractivity contribution in [1.82, 2.24) is 0 Å². The Hall–Kier alpha value is -2.07. The number of hydrogen-bond acceptors (Lipinski definition) is 3. The molecule has 23 heavy (non-hydrogen) atoms. The second kappa shape index (κ2) is 5.23. The topological polar surface area (TPSA) is 39.4 Å². The second-order valence-corrected chi connectivity index (χ2v) is 12.2. The summed E-state index contributed by atoms with van der Waals surface area (Å²) >= 11 is 0. The number of rotatable bonds is 2. The molecule has 0 N–H and O–H groups in total. The Morgan fingerprint density at radius 1 is 0.957 bits per heavy atom. The van der Waals surface area contributed by atoms with Gasteiger partial charge in [0.1, 0.15) is 16.9 Å². The average Bonchev–Trinajstić information content (AvgIpc) is 2.45. The Kier molecular flexibility index (Phi) is 3.60. The third-order valence-electron chi connectivity index (χ3n) is 4.73. The Balaban J connectivity index is 2.13. The maximum absolute atomic E-state index is 12.6. The first-order valence-electron chi connectivity index (χ1n) is 7.84. The number of para-hydroxylation sites is 1. The van der Waals surface area contributed by atoms with Gasteiger partial charge in [0.15, 0.2) is 0 Å². The van der Waals surface area contributed by atoms with Gasteiger partial charge < -0.3 is 8.84 Å². The van der Waals surface area contributed by atoms with Gasteiger partial charge in [-0.2, -0.15) is 0 Å². The molecule has 3 rings (SSSR count). The molecule has 0 atom stereocenters. The summed E-state index contributed by atoms with van der Waals surface area (Å²) in [5.41, 5.74) is 1.18. The smallest absolute Gasteiger partial charge is 0.250 e. The molecule has 0 saturated heterocycles. The molecule has 0 spiro atoms. The summed E-state index contributed by atoms with van der Waals surface area (Å²) in [6.45, 7) is 11.0. The summed E-state index contributed by atoms with van der Waals surface area (Å²) in [7, 11) is -1.92. The van der Waals surface area contributed by atoms with Crippen LogP contribution in [0.3, 0.4) is 0 Å². The molecule has 0 aliphatic carbocycles. The van der Waals surface area contributed by atoms with E-state index in [9.17, 15) is 4.79 Å².